The van der Waals surface area contributed by atoms with E-state index in [0.29, 0.717) is 18.4 Å². The molecule has 1 saturated carbocycles. The maximum Gasteiger partial charge on any atom is 0.266 e. The van der Waals surface area contributed by atoms with Crippen molar-refractivity contribution in [3.05, 3.63) is 40.0 Å². The van der Waals surface area contributed by atoms with Gasteiger partial charge in [-0.05, 0) is 49.1 Å². The molecule has 0 unspecified atom stereocenters. The summed E-state index contributed by atoms with van der Waals surface area (Å²) in [4.78, 5) is 27.8. The highest BCUT2D eigenvalue weighted by atomic mass is 32.1. The molecule has 1 atom stereocenters. The first kappa shape index (κ1) is 16.5. The van der Waals surface area contributed by atoms with Gasteiger partial charge in [-0.15, -0.1) is 11.3 Å². The van der Waals surface area contributed by atoms with E-state index in [0.717, 1.165) is 49.3 Å². The van der Waals surface area contributed by atoms with E-state index >= 15 is 0 Å². The smallest absolute Gasteiger partial charge is 0.266 e. The van der Waals surface area contributed by atoms with Crippen LogP contribution in [0.2, 0.25) is 0 Å². The lowest BCUT2D eigenvalue weighted by Gasteiger charge is -2.37. The highest BCUT2D eigenvalue weighted by molar-refractivity contribution is 7.13. The minimum absolute atomic E-state index is 0.0669. The number of amides is 1. The van der Waals surface area contributed by atoms with Gasteiger partial charge in [-0.1, -0.05) is 12.5 Å². The summed E-state index contributed by atoms with van der Waals surface area (Å²) in [6, 6.07) is 7.39. The summed E-state index contributed by atoms with van der Waals surface area (Å²) < 4.78 is 1.58. The molecule has 0 spiro atoms. The van der Waals surface area contributed by atoms with Gasteiger partial charge in [0, 0.05) is 31.6 Å². The minimum atomic E-state index is -0.0669. The van der Waals surface area contributed by atoms with Gasteiger partial charge in [0.2, 0.25) is 5.91 Å². The molecule has 2 aliphatic rings. The number of rotatable bonds is 4. The van der Waals surface area contributed by atoms with Gasteiger partial charge in [-0.3, -0.25) is 9.59 Å². The fourth-order valence-electron chi connectivity index (χ4n) is 3.71. The average molecular weight is 357 g/mol. The van der Waals surface area contributed by atoms with Gasteiger partial charge < -0.3 is 4.90 Å². The zero-order chi connectivity index (χ0) is 17.2. The van der Waals surface area contributed by atoms with Crippen LogP contribution < -0.4 is 5.56 Å². The molecule has 4 rings (SSSR count). The van der Waals surface area contributed by atoms with E-state index in [9.17, 15) is 9.59 Å². The third kappa shape index (κ3) is 3.54. The summed E-state index contributed by atoms with van der Waals surface area (Å²) >= 11 is 1.62. The maximum absolute atomic E-state index is 12.5. The number of piperidine rings is 1. The van der Waals surface area contributed by atoms with Crippen molar-refractivity contribution < 1.29 is 4.79 Å². The normalized spacial score (nSPS) is 21.1. The minimum Gasteiger partial charge on any atom is -0.342 e. The molecular weight excluding hydrogens is 334 g/mol. The Bertz CT molecular complexity index is 795. The van der Waals surface area contributed by atoms with Gasteiger partial charge in [0.15, 0.2) is 0 Å². The highest BCUT2D eigenvalue weighted by Gasteiger charge is 2.32. The number of thiophene rings is 1. The second-order valence-electron chi connectivity index (χ2n) is 7.14. The molecule has 132 valence electrons. The van der Waals surface area contributed by atoms with E-state index in [1.54, 1.807) is 28.2 Å². The van der Waals surface area contributed by atoms with E-state index in [1.807, 2.05) is 22.4 Å². The van der Waals surface area contributed by atoms with Crippen molar-refractivity contribution >= 4 is 17.2 Å². The van der Waals surface area contributed by atoms with Crippen LogP contribution in [0, 0.1) is 11.8 Å². The van der Waals surface area contributed by atoms with Crippen LogP contribution >= 0.6 is 11.3 Å². The first-order chi connectivity index (χ1) is 12.2. The van der Waals surface area contributed by atoms with Crippen molar-refractivity contribution in [3.8, 4) is 10.6 Å². The Labute approximate surface area is 151 Å². The summed E-state index contributed by atoms with van der Waals surface area (Å²) in [6.45, 7) is 2.21. The van der Waals surface area contributed by atoms with Crippen LogP contribution in [0.25, 0.3) is 10.6 Å². The van der Waals surface area contributed by atoms with E-state index in [4.69, 9.17) is 0 Å². The molecule has 6 heteroatoms. The van der Waals surface area contributed by atoms with Crippen LogP contribution in [0.15, 0.2) is 34.4 Å². The SMILES string of the molecule is O=C(C1CCC1)N1CCC[C@@H](Cn2nc(-c3cccs3)ccc2=O)C1. The van der Waals surface area contributed by atoms with E-state index < -0.39 is 0 Å². The van der Waals surface area contributed by atoms with E-state index in [-0.39, 0.29) is 11.5 Å². The Morgan fingerprint density at radius 3 is 2.80 bits per heavy atom. The Morgan fingerprint density at radius 1 is 1.20 bits per heavy atom. The number of nitrogens with zero attached hydrogens (tertiary/aromatic N) is 3. The summed E-state index contributed by atoms with van der Waals surface area (Å²) in [5, 5.41) is 6.56. The van der Waals surface area contributed by atoms with Gasteiger partial charge in [0.1, 0.15) is 5.69 Å². The standard InChI is InChI=1S/C19H23N3O2S/c23-18-9-8-16(17-7-3-11-25-17)20-22(18)13-14-4-2-10-21(12-14)19(24)15-5-1-6-15/h3,7-9,11,14-15H,1-2,4-6,10,12-13H2/t14-/m1/s1. The van der Waals surface area contributed by atoms with Crippen molar-refractivity contribution in [3.63, 3.8) is 0 Å². The number of hydrogen-bond acceptors (Lipinski definition) is 4. The Morgan fingerprint density at radius 2 is 2.08 bits per heavy atom. The highest BCUT2D eigenvalue weighted by Crippen LogP contribution is 2.30. The van der Waals surface area contributed by atoms with E-state index in [1.165, 1.54) is 6.42 Å². The second-order valence-corrected chi connectivity index (χ2v) is 8.08. The van der Waals surface area contributed by atoms with Crippen molar-refractivity contribution in [2.75, 3.05) is 13.1 Å². The number of carbonyl (C=O) groups excluding carboxylic acids is 1. The third-order valence-electron chi connectivity index (χ3n) is 5.36. The van der Waals surface area contributed by atoms with Crippen molar-refractivity contribution in [1.82, 2.24) is 14.7 Å². The van der Waals surface area contributed by atoms with Crippen LogP contribution in [0.4, 0.5) is 0 Å². The predicted molar refractivity (Wildman–Crippen MR) is 98.5 cm³/mol. The number of carbonyl (C=O) groups is 1. The number of hydrogen-bond donors (Lipinski definition) is 0. The van der Waals surface area contributed by atoms with Crippen LogP contribution in [-0.2, 0) is 11.3 Å². The molecule has 2 fully saturated rings. The van der Waals surface area contributed by atoms with Crippen molar-refractivity contribution in [2.45, 2.75) is 38.6 Å². The average Bonchev–Trinajstić information content (AvgIpc) is 3.10. The summed E-state index contributed by atoms with van der Waals surface area (Å²) in [7, 11) is 0. The molecular formula is C19H23N3O2S. The monoisotopic (exact) mass is 357 g/mol. The molecule has 1 saturated heterocycles. The molecule has 0 bridgehead atoms. The van der Waals surface area contributed by atoms with Crippen LogP contribution in [-0.4, -0.2) is 33.7 Å². The number of aromatic nitrogens is 2. The van der Waals surface area contributed by atoms with Gasteiger partial charge in [-0.25, -0.2) is 4.68 Å². The first-order valence-corrected chi connectivity index (χ1v) is 9.99. The summed E-state index contributed by atoms with van der Waals surface area (Å²) in [6.07, 6.45) is 5.34. The second kappa shape index (κ2) is 7.12. The van der Waals surface area contributed by atoms with Gasteiger partial charge >= 0.3 is 0 Å². The lowest BCUT2D eigenvalue weighted by Crippen LogP contribution is -2.46. The molecule has 1 aliphatic heterocycles. The van der Waals surface area contributed by atoms with Crippen LogP contribution in [0.5, 0.6) is 0 Å². The first-order valence-electron chi connectivity index (χ1n) is 9.11. The van der Waals surface area contributed by atoms with Gasteiger partial charge in [0.05, 0.1) is 4.88 Å². The molecule has 5 nitrogen and oxygen atoms in total. The molecule has 0 aromatic carbocycles. The largest absolute Gasteiger partial charge is 0.342 e. The number of likely N-dealkylation sites (tertiary alicyclic amines) is 1. The topological polar surface area (TPSA) is 55.2 Å². The maximum atomic E-state index is 12.5. The van der Waals surface area contributed by atoms with Gasteiger partial charge in [0.25, 0.3) is 5.56 Å². The lowest BCUT2D eigenvalue weighted by atomic mass is 9.83. The fourth-order valence-corrected chi connectivity index (χ4v) is 4.40. The summed E-state index contributed by atoms with van der Waals surface area (Å²) in [5.41, 5.74) is 0.774. The predicted octanol–water partition coefficient (Wildman–Crippen LogP) is 3.01. The molecule has 3 heterocycles. The fraction of sp³-hybridized carbons (Fsp3) is 0.526. The Hall–Kier alpha value is -1.95. The van der Waals surface area contributed by atoms with Gasteiger partial charge in [-0.2, -0.15) is 5.10 Å². The Kier molecular flexibility index (Phi) is 4.70. The van der Waals surface area contributed by atoms with E-state index in [2.05, 4.69) is 5.10 Å². The molecule has 25 heavy (non-hydrogen) atoms. The molecule has 0 N–H and O–H groups in total. The van der Waals surface area contributed by atoms with Crippen molar-refractivity contribution in [1.29, 1.82) is 0 Å². The Balaban J connectivity index is 1.47. The molecule has 1 aliphatic carbocycles. The quantitative estimate of drug-likeness (QED) is 0.845. The molecule has 2 aromatic heterocycles. The van der Waals surface area contributed by atoms with Crippen LogP contribution in [0.3, 0.4) is 0 Å². The molecule has 2 aromatic rings. The lowest BCUT2D eigenvalue weighted by molar-refractivity contribution is -0.140. The molecule has 0 radical (unpaired) electrons. The summed E-state index contributed by atoms with van der Waals surface area (Å²) in [5.74, 6) is 0.881. The zero-order valence-electron chi connectivity index (χ0n) is 14.3. The molecule has 1 amide bonds. The van der Waals surface area contributed by atoms with Crippen LogP contribution in [0.1, 0.15) is 32.1 Å². The third-order valence-corrected chi connectivity index (χ3v) is 6.25. The zero-order valence-corrected chi connectivity index (χ0v) is 15.1. The van der Waals surface area contributed by atoms with Crippen molar-refractivity contribution in [2.24, 2.45) is 11.8 Å².